The van der Waals surface area contributed by atoms with E-state index in [0.717, 1.165) is 44.2 Å². The van der Waals surface area contributed by atoms with Crippen LogP contribution in [0, 0.1) is 27.7 Å². The van der Waals surface area contributed by atoms with E-state index in [9.17, 15) is 4.57 Å². The summed E-state index contributed by atoms with van der Waals surface area (Å²) in [5.41, 5.74) is 4.84. The monoisotopic (exact) mass is 391 g/mol. The molecule has 4 heteroatoms. The molecule has 144 valence electrons. The molecule has 0 aromatic heterocycles. The summed E-state index contributed by atoms with van der Waals surface area (Å²) in [4.78, 5) is 0. The average molecular weight is 391 g/mol. The van der Waals surface area contributed by atoms with E-state index in [1.165, 1.54) is 0 Å². The Labute approximate surface area is 167 Å². The molecule has 3 aromatic carbocycles. The molecule has 0 saturated carbocycles. The molecule has 0 fully saturated rings. The van der Waals surface area contributed by atoms with Crippen LogP contribution < -0.4 is 15.3 Å². The van der Waals surface area contributed by atoms with Crippen molar-refractivity contribution in [3.8, 4) is 5.75 Å². The van der Waals surface area contributed by atoms with Gasteiger partial charge in [-0.15, -0.1) is 0 Å². The first kappa shape index (κ1) is 20.1. The van der Waals surface area contributed by atoms with E-state index in [1.54, 1.807) is 13.3 Å². The van der Waals surface area contributed by atoms with Crippen molar-refractivity contribution in [3.63, 3.8) is 0 Å². The van der Waals surface area contributed by atoms with Gasteiger partial charge in [-0.3, -0.25) is 4.57 Å². The molecule has 0 spiro atoms. The predicted octanol–water partition coefficient (Wildman–Crippen LogP) is 5.28. The summed E-state index contributed by atoms with van der Waals surface area (Å²) in [5.74, 6) is 0.748. The molecule has 3 nitrogen and oxygen atoms in total. The molecular weight excluding hydrogens is 365 g/mol. The molecule has 0 saturated heterocycles. The molecule has 0 unspecified atom stereocenters. The molecule has 0 amide bonds. The second-order valence-corrected chi connectivity index (χ2v) is 9.36. The van der Waals surface area contributed by atoms with Gasteiger partial charge in [0.05, 0.1) is 7.11 Å². The smallest absolute Gasteiger partial charge is 0.248 e. The summed E-state index contributed by atoms with van der Waals surface area (Å²) in [6.07, 6.45) is 1.71. The summed E-state index contributed by atoms with van der Waals surface area (Å²) >= 11 is 0. The van der Waals surface area contributed by atoms with Crippen molar-refractivity contribution in [2.75, 3.05) is 7.11 Å². The van der Waals surface area contributed by atoms with Gasteiger partial charge in [-0.25, -0.2) is 4.76 Å². The van der Waals surface area contributed by atoms with Crippen molar-refractivity contribution in [1.29, 1.82) is 0 Å². The first-order valence-electron chi connectivity index (χ1n) is 9.30. The second-order valence-electron chi connectivity index (χ2n) is 7.08. The molecule has 3 aromatic rings. The van der Waals surface area contributed by atoms with Gasteiger partial charge in [-0.1, -0.05) is 48.5 Å². The van der Waals surface area contributed by atoms with Crippen molar-refractivity contribution in [2.45, 2.75) is 27.7 Å². The van der Waals surface area contributed by atoms with Crippen LogP contribution in [0.1, 0.15) is 27.8 Å². The van der Waals surface area contributed by atoms with Gasteiger partial charge >= 0.3 is 0 Å². The summed E-state index contributed by atoms with van der Waals surface area (Å²) in [5, 5.41) is 1.65. The Kier molecular flexibility index (Phi) is 5.86. The minimum absolute atomic E-state index is 0.748. The number of ether oxygens (including phenoxy) is 1. The highest BCUT2D eigenvalue weighted by Gasteiger charge is 2.32. The molecule has 0 radical (unpaired) electrons. The first-order chi connectivity index (χ1) is 13.4. The highest BCUT2D eigenvalue weighted by molar-refractivity contribution is 7.78. The van der Waals surface area contributed by atoms with Gasteiger partial charge in [0.1, 0.15) is 5.75 Å². The van der Waals surface area contributed by atoms with Gasteiger partial charge in [-0.2, -0.15) is 0 Å². The third kappa shape index (κ3) is 3.81. The SMILES string of the molecule is COc1cccc(/C=N/P(=O)(c2c(C)cccc2C)c2c(C)cccc2C)c1. The third-order valence-electron chi connectivity index (χ3n) is 4.95. The lowest BCUT2D eigenvalue weighted by molar-refractivity contribution is 0.415. The fraction of sp³-hybridized carbons (Fsp3) is 0.208. The topological polar surface area (TPSA) is 38.7 Å². The Hall–Kier alpha value is -2.64. The Balaban J connectivity index is 2.26. The van der Waals surface area contributed by atoms with Crippen LogP contribution in [0.15, 0.2) is 65.4 Å². The Morgan fingerprint density at radius 3 is 1.71 bits per heavy atom. The number of hydrogen-bond donors (Lipinski definition) is 0. The molecule has 0 N–H and O–H groups in total. The first-order valence-corrected chi connectivity index (χ1v) is 11.0. The van der Waals surface area contributed by atoms with Gasteiger partial charge in [-0.05, 0) is 67.6 Å². The largest absolute Gasteiger partial charge is 0.497 e. The summed E-state index contributed by atoms with van der Waals surface area (Å²) in [6.45, 7) is 8.01. The van der Waals surface area contributed by atoms with E-state index in [0.29, 0.717) is 0 Å². The van der Waals surface area contributed by atoms with Crippen molar-refractivity contribution in [3.05, 3.63) is 88.5 Å². The van der Waals surface area contributed by atoms with E-state index >= 15 is 0 Å². The molecule has 0 aliphatic rings. The zero-order chi connectivity index (χ0) is 20.3. The Morgan fingerprint density at radius 2 is 1.25 bits per heavy atom. The average Bonchev–Trinajstić information content (AvgIpc) is 2.66. The second kappa shape index (κ2) is 8.16. The molecule has 28 heavy (non-hydrogen) atoms. The van der Waals surface area contributed by atoms with E-state index < -0.39 is 7.29 Å². The van der Waals surface area contributed by atoms with E-state index in [-0.39, 0.29) is 0 Å². The lowest BCUT2D eigenvalue weighted by atomic mass is 10.1. The minimum Gasteiger partial charge on any atom is -0.497 e. The van der Waals surface area contributed by atoms with Crippen LogP contribution in [0.4, 0.5) is 0 Å². The van der Waals surface area contributed by atoms with Crippen molar-refractivity contribution < 1.29 is 9.30 Å². The zero-order valence-electron chi connectivity index (χ0n) is 17.1. The van der Waals surface area contributed by atoms with Crippen LogP contribution in [0.2, 0.25) is 0 Å². The molecule has 3 rings (SSSR count). The third-order valence-corrected chi connectivity index (χ3v) is 8.01. The molecule has 0 heterocycles. The maximum absolute atomic E-state index is 14.6. The molecule has 0 aliphatic heterocycles. The number of rotatable bonds is 5. The maximum atomic E-state index is 14.6. The highest BCUT2D eigenvalue weighted by Crippen LogP contribution is 2.48. The fourth-order valence-electron chi connectivity index (χ4n) is 3.66. The van der Waals surface area contributed by atoms with Crippen LogP contribution in [0.3, 0.4) is 0 Å². The van der Waals surface area contributed by atoms with Gasteiger partial charge < -0.3 is 4.74 Å². The lowest BCUT2D eigenvalue weighted by Crippen LogP contribution is -2.23. The number of benzene rings is 3. The van der Waals surface area contributed by atoms with Crippen molar-refractivity contribution in [2.24, 2.45) is 4.76 Å². The Bertz CT molecular complexity index is 990. The van der Waals surface area contributed by atoms with Crippen molar-refractivity contribution >= 4 is 24.1 Å². The summed E-state index contributed by atoms with van der Waals surface area (Å²) in [7, 11) is -1.60. The fourth-order valence-corrected chi connectivity index (χ4v) is 6.63. The molecule has 0 bridgehead atoms. The molecule has 0 aliphatic carbocycles. The van der Waals surface area contributed by atoms with Crippen LogP contribution in [-0.2, 0) is 4.57 Å². The van der Waals surface area contributed by atoms with E-state index in [2.05, 4.69) is 0 Å². The highest BCUT2D eigenvalue weighted by atomic mass is 31.2. The predicted molar refractivity (Wildman–Crippen MR) is 119 cm³/mol. The lowest BCUT2D eigenvalue weighted by Gasteiger charge is -2.22. The van der Waals surface area contributed by atoms with Crippen LogP contribution >= 0.6 is 7.29 Å². The maximum Gasteiger partial charge on any atom is 0.248 e. The number of hydrogen-bond acceptors (Lipinski definition) is 2. The molecular formula is C24H26NO2P. The summed E-state index contributed by atoms with van der Waals surface area (Å²) < 4.78 is 24.7. The van der Waals surface area contributed by atoms with Gasteiger partial charge in [0.2, 0.25) is 7.29 Å². The number of aryl methyl sites for hydroxylation is 4. The van der Waals surface area contributed by atoms with Crippen molar-refractivity contribution in [1.82, 2.24) is 0 Å². The minimum atomic E-state index is -3.23. The van der Waals surface area contributed by atoms with Crippen LogP contribution in [-0.4, -0.2) is 13.3 Å². The van der Waals surface area contributed by atoms with E-state index in [1.807, 2.05) is 88.4 Å². The van der Waals surface area contributed by atoms with Crippen LogP contribution in [0.5, 0.6) is 5.75 Å². The van der Waals surface area contributed by atoms with Gasteiger partial charge in [0.25, 0.3) is 0 Å². The van der Waals surface area contributed by atoms with Gasteiger partial charge in [0, 0.05) is 16.8 Å². The Morgan fingerprint density at radius 1 is 0.786 bits per heavy atom. The van der Waals surface area contributed by atoms with Crippen LogP contribution in [0.25, 0.3) is 0 Å². The molecule has 0 atom stereocenters. The van der Waals surface area contributed by atoms with Gasteiger partial charge in [0.15, 0.2) is 0 Å². The number of methoxy groups -OCH3 is 1. The normalized spacial score (nSPS) is 11.8. The standard InChI is InChI=1S/C24H26NO2P/c1-17-9-6-10-18(2)23(17)28(26,24-19(3)11-7-12-20(24)4)25-16-21-13-8-14-22(15-21)27-5/h6-16H,1-5H3/b25-16+. The van der Waals surface area contributed by atoms with E-state index in [4.69, 9.17) is 9.50 Å². The zero-order valence-corrected chi connectivity index (χ0v) is 18.0. The summed E-state index contributed by atoms with van der Waals surface area (Å²) in [6, 6.07) is 19.6. The quantitative estimate of drug-likeness (QED) is 0.439. The number of nitrogens with zero attached hydrogens (tertiary/aromatic N) is 1.